The van der Waals surface area contributed by atoms with Gasteiger partial charge in [0.25, 0.3) is 0 Å². The molecule has 15 heavy (non-hydrogen) atoms. The highest BCUT2D eigenvalue weighted by Gasteiger charge is 2.57. The molecule has 4 atom stereocenters. The van der Waals surface area contributed by atoms with Gasteiger partial charge in [0.2, 0.25) is 0 Å². The number of hydrogen-bond acceptors (Lipinski definition) is 1. The van der Waals surface area contributed by atoms with Crippen LogP contribution in [0.4, 0.5) is 8.78 Å². The van der Waals surface area contributed by atoms with E-state index in [1.165, 1.54) is 0 Å². The summed E-state index contributed by atoms with van der Waals surface area (Å²) < 4.78 is 27.7. The molecule has 2 aliphatic rings. The van der Waals surface area contributed by atoms with Crippen LogP contribution in [0.5, 0.6) is 0 Å². The fourth-order valence-electron chi connectivity index (χ4n) is 3.54. The fourth-order valence-corrected chi connectivity index (χ4v) is 3.54. The van der Waals surface area contributed by atoms with E-state index in [9.17, 15) is 8.78 Å². The maximum Gasteiger partial charge on any atom is 0.122 e. The summed E-state index contributed by atoms with van der Waals surface area (Å²) in [6.07, 6.45) is -0.481. The summed E-state index contributed by atoms with van der Waals surface area (Å²) in [5, 5.41) is 0. The van der Waals surface area contributed by atoms with Gasteiger partial charge < -0.3 is 0 Å². The number of nitrogens with zero attached hydrogens (tertiary/aromatic N) is 1. The molecule has 0 saturated carbocycles. The summed E-state index contributed by atoms with van der Waals surface area (Å²) in [6, 6.07) is 0. The summed E-state index contributed by atoms with van der Waals surface area (Å²) in [6.45, 7) is 7.30. The third-order valence-corrected chi connectivity index (χ3v) is 3.91. The van der Waals surface area contributed by atoms with Crippen molar-refractivity contribution in [1.29, 1.82) is 0 Å². The predicted molar refractivity (Wildman–Crippen MR) is 57.3 cm³/mol. The highest BCUT2D eigenvalue weighted by molar-refractivity contribution is 5.11. The highest BCUT2D eigenvalue weighted by atomic mass is 19.1. The second-order valence-corrected chi connectivity index (χ2v) is 5.79. The third-order valence-electron chi connectivity index (χ3n) is 3.91. The van der Waals surface area contributed by atoms with E-state index in [1.807, 2.05) is 6.92 Å². The molecule has 2 saturated heterocycles. The molecule has 0 aromatic rings. The minimum absolute atomic E-state index is 0.0660. The summed E-state index contributed by atoms with van der Waals surface area (Å²) >= 11 is 0. The number of alkyl halides is 2. The summed E-state index contributed by atoms with van der Waals surface area (Å²) in [5.74, 6) is 0.498. The predicted octanol–water partition coefficient (Wildman–Crippen LogP) is 2.80. The lowest BCUT2D eigenvalue weighted by Gasteiger charge is -2.35. The molecule has 2 aliphatic heterocycles. The van der Waals surface area contributed by atoms with E-state index < -0.39 is 17.9 Å². The molecule has 88 valence electrons. The molecule has 0 radical (unpaired) electrons. The van der Waals surface area contributed by atoms with E-state index in [0.717, 1.165) is 13.0 Å². The van der Waals surface area contributed by atoms with Gasteiger partial charge >= 0.3 is 0 Å². The number of hydrogen-bond donors (Lipinski definition) is 0. The lowest BCUT2D eigenvalue weighted by atomic mass is 9.81. The van der Waals surface area contributed by atoms with E-state index in [1.54, 1.807) is 0 Å². The standard InChI is InChI=1S/C12H21F2N/c1-8(2)4-12-5-10(13)7-15(12)6-9(3)11(12)14/h8-11H,4-7H2,1-3H3/t9-,10-,11-,12-/m1/s1. The number of fused-ring (bicyclic) bond motifs is 1. The Morgan fingerprint density at radius 1 is 1.33 bits per heavy atom. The van der Waals surface area contributed by atoms with E-state index in [-0.39, 0.29) is 5.92 Å². The molecule has 2 fully saturated rings. The summed E-state index contributed by atoms with van der Waals surface area (Å²) in [5.41, 5.74) is -0.479. The molecular formula is C12H21F2N. The van der Waals surface area contributed by atoms with E-state index >= 15 is 0 Å². The largest absolute Gasteiger partial charge is 0.291 e. The molecule has 2 heterocycles. The van der Waals surface area contributed by atoms with Crippen molar-refractivity contribution in [2.45, 2.75) is 51.5 Å². The Balaban J connectivity index is 2.22. The van der Waals surface area contributed by atoms with Gasteiger partial charge in [0, 0.05) is 25.4 Å². The second kappa shape index (κ2) is 3.69. The van der Waals surface area contributed by atoms with Crippen LogP contribution in [0.15, 0.2) is 0 Å². The molecular weight excluding hydrogens is 196 g/mol. The Bertz CT molecular complexity index is 244. The molecule has 0 unspecified atom stereocenters. The molecule has 1 nitrogen and oxygen atoms in total. The zero-order valence-corrected chi connectivity index (χ0v) is 9.84. The van der Waals surface area contributed by atoms with Crippen LogP contribution in [-0.4, -0.2) is 35.9 Å². The lowest BCUT2D eigenvalue weighted by Crippen LogP contribution is -2.45. The van der Waals surface area contributed by atoms with Crippen LogP contribution >= 0.6 is 0 Å². The zero-order valence-electron chi connectivity index (χ0n) is 9.84. The average Bonchev–Trinajstić information content (AvgIpc) is 2.49. The van der Waals surface area contributed by atoms with Gasteiger partial charge in [0.15, 0.2) is 0 Å². The highest BCUT2D eigenvalue weighted by Crippen LogP contribution is 2.47. The molecule has 0 N–H and O–H groups in total. The van der Waals surface area contributed by atoms with Crippen molar-refractivity contribution in [2.75, 3.05) is 13.1 Å². The van der Waals surface area contributed by atoms with Crippen LogP contribution in [0.1, 0.15) is 33.6 Å². The number of rotatable bonds is 2. The van der Waals surface area contributed by atoms with Gasteiger partial charge in [-0.2, -0.15) is 0 Å². The Labute approximate surface area is 90.8 Å². The van der Waals surface area contributed by atoms with Crippen LogP contribution < -0.4 is 0 Å². The van der Waals surface area contributed by atoms with Crippen LogP contribution in [0.25, 0.3) is 0 Å². The maximum absolute atomic E-state index is 14.3. The number of halogens is 2. The molecule has 0 aliphatic carbocycles. The Morgan fingerprint density at radius 3 is 2.60 bits per heavy atom. The first-order valence-electron chi connectivity index (χ1n) is 5.99. The van der Waals surface area contributed by atoms with E-state index in [2.05, 4.69) is 18.7 Å². The van der Waals surface area contributed by atoms with Crippen molar-refractivity contribution in [3.63, 3.8) is 0 Å². The zero-order chi connectivity index (χ0) is 11.2. The van der Waals surface area contributed by atoms with Gasteiger partial charge in [-0.1, -0.05) is 20.8 Å². The minimum Gasteiger partial charge on any atom is -0.291 e. The Kier molecular flexibility index (Phi) is 2.78. The van der Waals surface area contributed by atoms with Crippen molar-refractivity contribution >= 4 is 0 Å². The van der Waals surface area contributed by atoms with Gasteiger partial charge in [0.1, 0.15) is 12.3 Å². The Hall–Kier alpha value is -0.180. The molecule has 2 rings (SSSR count). The smallest absolute Gasteiger partial charge is 0.122 e. The van der Waals surface area contributed by atoms with Crippen LogP contribution in [0.3, 0.4) is 0 Å². The third kappa shape index (κ3) is 1.69. The minimum atomic E-state index is -0.847. The Morgan fingerprint density at radius 2 is 2.00 bits per heavy atom. The SMILES string of the molecule is CC(C)C[C@]12C[C@@H](F)CN1C[C@@H](C)[C@H]2F. The normalized spacial score (nSPS) is 46.4. The quantitative estimate of drug-likeness (QED) is 0.687. The second-order valence-electron chi connectivity index (χ2n) is 5.79. The monoisotopic (exact) mass is 217 g/mol. The van der Waals surface area contributed by atoms with E-state index in [4.69, 9.17) is 0 Å². The van der Waals surface area contributed by atoms with Crippen molar-refractivity contribution in [3.8, 4) is 0 Å². The molecule has 0 aromatic heterocycles. The molecule has 3 heteroatoms. The van der Waals surface area contributed by atoms with Gasteiger partial charge in [0.05, 0.1) is 5.54 Å². The summed E-state index contributed by atoms with van der Waals surface area (Å²) in [7, 11) is 0. The van der Waals surface area contributed by atoms with Crippen molar-refractivity contribution in [2.24, 2.45) is 11.8 Å². The van der Waals surface area contributed by atoms with Crippen molar-refractivity contribution < 1.29 is 8.78 Å². The van der Waals surface area contributed by atoms with Gasteiger partial charge in [-0.25, -0.2) is 8.78 Å². The molecule has 0 amide bonds. The van der Waals surface area contributed by atoms with Gasteiger partial charge in [-0.15, -0.1) is 0 Å². The van der Waals surface area contributed by atoms with E-state index in [0.29, 0.717) is 18.9 Å². The first kappa shape index (κ1) is 11.3. The maximum atomic E-state index is 14.3. The first-order valence-corrected chi connectivity index (χ1v) is 5.99. The fraction of sp³-hybridized carbons (Fsp3) is 1.00. The van der Waals surface area contributed by atoms with Crippen molar-refractivity contribution in [3.05, 3.63) is 0 Å². The van der Waals surface area contributed by atoms with Gasteiger partial charge in [-0.3, -0.25) is 4.90 Å². The van der Waals surface area contributed by atoms with Crippen LogP contribution in [0, 0.1) is 11.8 Å². The van der Waals surface area contributed by atoms with Crippen LogP contribution in [-0.2, 0) is 0 Å². The van der Waals surface area contributed by atoms with Crippen LogP contribution in [0.2, 0.25) is 0 Å². The van der Waals surface area contributed by atoms with Crippen molar-refractivity contribution in [1.82, 2.24) is 4.90 Å². The molecule has 0 aromatic carbocycles. The topological polar surface area (TPSA) is 3.24 Å². The summed E-state index contributed by atoms with van der Waals surface area (Å²) in [4.78, 5) is 2.06. The molecule has 0 bridgehead atoms. The average molecular weight is 217 g/mol. The molecule has 0 spiro atoms. The van der Waals surface area contributed by atoms with Gasteiger partial charge in [-0.05, 0) is 12.3 Å². The first-order chi connectivity index (χ1) is 6.95. The lowest BCUT2D eigenvalue weighted by molar-refractivity contribution is 0.0858.